The van der Waals surface area contributed by atoms with Gasteiger partial charge < -0.3 is 15.1 Å². The average molecular weight is 473 g/mol. The van der Waals surface area contributed by atoms with Crippen molar-refractivity contribution < 1.29 is 9.59 Å². The van der Waals surface area contributed by atoms with E-state index in [0.717, 1.165) is 35.6 Å². The van der Waals surface area contributed by atoms with Crippen molar-refractivity contribution in [2.45, 2.75) is 31.6 Å². The topological polar surface area (TPSA) is 82.5 Å². The van der Waals surface area contributed by atoms with E-state index < -0.39 is 0 Å². The number of fused-ring (bicyclic) bond motifs is 1. The van der Waals surface area contributed by atoms with Crippen LogP contribution < -0.4 is 15.5 Å². The number of amides is 2. The van der Waals surface area contributed by atoms with Crippen LogP contribution in [0.2, 0.25) is 0 Å². The Morgan fingerprint density at radius 1 is 1.12 bits per heavy atom. The molecule has 1 atom stereocenters. The monoisotopic (exact) mass is 472 g/mol. The van der Waals surface area contributed by atoms with Gasteiger partial charge in [0, 0.05) is 75.8 Å². The van der Waals surface area contributed by atoms with Crippen LogP contribution in [0, 0.1) is 11.3 Å². The third kappa shape index (κ3) is 4.02. The van der Waals surface area contributed by atoms with E-state index in [4.69, 9.17) is 0 Å². The molecule has 1 spiro atoms. The fourth-order valence-corrected chi connectivity index (χ4v) is 6.15. The number of hydrogen-bond acceptors (Lipinski definition) is 6. The van der Waals surface area contributed by atoms with E-state index >= 15 is 0 Å². The lowest BCUT2D eigenvalue weighted by Crippen LogP contribution is -2.71. The minimum atomic E-state index is -0.352. The number of likely N-dealkylation sites (tertiary alicyclic amines) is 1. The maximum Gasteiger partial charge on any atom is 0.235 e. The Labute approximate surface area is 200 Å². The van der Waals surface area contributed by atoms with Gasteiger partial charge in [0.15, 0.2) is 0 Å². The highest BCUT2D eigenvalue weighted by atomic mass is 35.5. The first kappa shape index (κ1) is 22.6. The number of halogens is 1. The summed E-state index contributed by atoms with van der Waals surface area (Å²) in [6, 6.07) is 6.48. The van der Waals surface area contributed by atoms with Crippen molar-refractivity contribution in [3.05, 3.63) is 23.9 Å². The molecule has 2 N–H and O–H groups in total. The highest BCUT2D eigenvalue weighted by Crippen LogP contribution is 2.36. The molecule has 4 aliphatic rings. The van der Waals surface area contributed by atoms with Gasteiger partial charge in [0.05, 0.1) is 17.1 Å². The van der Waals surface area contributed by atoms with Gasteiger partial charge in [0.25, 0.3) is 0 Å². The Bertz CT molecular complexity index is 1060. The van der Waals surface area contributed by atoms with Gasteiger partial charge in [-0.1, -0.05) is 0 Å². The first-order valence-corrected chi connectivity index (χ1v) is 12.0. The molecule has 4 saturated heterocycles. The van der Waals surface area contributed by atoms with Crippen molar-refractivity contribution in [2.75, 3.05) is 50.7 Å². The predicted octanol–water partition coefficient (Wildman–Crippen LogP) is 1.64. The van der Waals surface area contributed by atoms with Crippen molar-refractivity contribution >= 4 is 40.8 Å². The number of aromatic nitrogens is 2. The lowest BCUT2D eigenvalue weighted by Gasteiger charge is -2.57. The summed E-state index contributed by atoms with van der Waals surface area (Å²) >= 11 is 0. The summed E-state index contributed by atoms with van der Waals surface area (Å²) in [7, 11) is 1.94. The van der Waals surface area contributed by atoms with Crippen LogP contribution in [0.15, 0.2) is 18.2 Å². The Morgan fingerprint density at radius 3 is 2.55 bits per heavy atom. The summed E-state index contributed by atoms with van der Waals surface area (Å²) in [5.41, 5.74) is 3.68. The Kier molecular flexibility index (Phi) is 5.87. The van der Waals surface area contributed by atoms with Crippen LogP contribution in [0.25, 0.3) is 10.9 Å². The number of nitrogens with one attached hydrogen (secondary N) is 2. The van der Waals surface area contributed by atoms with Gasteiger partial charge in [-0.2, -0.15) is 5.10 Å². The van der Waals surface area contributed by atoms with Crippen LogP contribution in [-0.4, -0.2) is 72.3 Å². The molecule has 178 valence electrons. The highest BCUT2D eigenvalue weighted by molar-refractivity contribution is 6.02. The van der Waals surface area contributed by atoms with E-state index in [0.29, 0.717) is 18.3 Å². The molecule has 0 saturated carbocycles. The molecule has 0 aliphatic carbocycles. The van der Waals surface area contributed by atoms with Crippen LogP contribution in [0.5, 0.6) is 0 Å². The van der Waals surface area contributed by atoms with Crippen molar-refractivity contribution in [1.29, 1.82) is 0 Å². The second-order valence-electron chi connectivity index (χ2n) is 10.4. The number of anilines is 1. The number of piperidine rings is 2. The van der Waals surface area contributed by atoms with E-state index in [1.807, 2.05) is 11.7 Å². The smallest absolute Gasteiger partial charge is 0.235 e. The van der Waals surface area contributed by atoms with Gasteiger partial charge in [-0.25, -0.2) is 0 Å². The molecule has 6 rings (SSSR count). The number of carbonyl (C=O) groups is 2. The van der Waals surface area contributed by atoms with Crippen molar-refractivity contribution in [3.8, 4) is 0 Å². The molecule has 1 unspecified atom stereocenters. The minimum Gasteiger partial charge on any atom is -0.371 e. The standard InChI is InChI=1S/C24H32N6O2.ClH/c1-28-20-10-17(2-3-18(20)22(27-28)19-4-5-21(31)26-23(19)32)30-8-6-16(7-9-30)11-29-14-24(15-29)12-25-13-24;/h2-3,10,16,19,25H,4-9,11-15H2,1H3,(H,26,31,32);1H. The Balaban J connectivity index is 0.00000228. The number of rotatable bonds is 4. The maximum absolute atomic E-state index is 12.4. The zero-order chi connectivity index (χ0) is 21.9. The van der Waals surface area contributed by atoms with E-state index in [-0.39, 0.29) is 30.1 Å². The van der Waals surface area contributed by atoms with Gasteiger partial charge in [0.1, 0.15) is 0 Å². The summed E-state index contributed by atoms with van der Waals surface area (Å²) in [6.45, 7) is 8.43. The van der Waals surface area contributed by atoms with E-state index in [1.165, 1.54) is 51.3 Å². The Hall–Kier alpha value is -2.16. The molecular weight excluding hydrogens is 440 g/mol. The number of nitrogens with zero attached hydrogens (tertiary/aromatic N) is 4. The van der Waals surface area contributed by atoms with Crippen LogP contribution in [0.3, 0.4) is 0 Å². The fraction of sp³-hybridized carbons (Fsp3) is 0.625. The van der Waals surface area contributed by atoms with Gasteiger partial charge >= 0.3 is 0 Å². The molecular formula is C24H33ClN6O2. The second kappa shape index (κ2) is 8.56. The van der Waals surface area contributed by atoms with Crippen molar-refractivity contribution in [3.63, 3.8) is 0 Å². The molecule has 5 heterocycles. The predicted molar refractivity (Wildman–Crippen MR) is 130 cm³/mol. The third-order valence-electron chi connectivity index (χ3n) is 8.05. The molecule has 9 heteroatoms. The van der Waals surface area contributed by atoms with Crippen molar-refractivity contribution in [2.24, 2.45) is 18.4 Å². The molecule has 4 aliphatic heterocycles. The van der Waals surface area contributed by atoms with Gasteiger partial charge in [0.2, 0.25) is 11.8 Å². The molecule has 33 heavy (non-hydrogen) atoms. The van der Waals surface area contributed by atoms with Gasteiger partial charge in [-0.15, -0.1) is 12.4 Å². The molecule has 8 nitrogen and oxygen atoms in total. The third-order valence-corrected chi connectivity index (χ3v) is 8.05. The number of carbonyl (C=O) groups excluding carboxylic acids is 2. The van der Waals surface area contributed by atoms with Gasteiger partial charge in [-0.3, -0.25) is 19.6 Å². The highest BCUT2D eigenvalue weighted by Gasteiger charge is 2.47. The molecule has 2 amide bonds. The van der Waals surface area contributed by atoms with E-state index in [9.17, 15) is 9.59 Å². The second-order valence-corrected chi connectivity index (χ2v) is 10.4. The molecule has 0 radical (unpaired) electrons. The van der Waals surface area contributed by atoms with Gasteiger partial charge in [-0.05, 0) is 43.4 Å². The normalized spacial score (nSPS) is 25.5. The van der Waals surface area contributed by atoms with E-state index in [2.05, 4.69) is 43.7 Å². The first-order chi connectivity index (χ1) is 15.5. The van der Waals surface area contributed by atoms with Crippen LogP contribution in [-0.2, 0) is 16.6 Å². The molecule has 1 aromatic heterocycles. The molecule has 4 fully saturated rings. The van der Waals surface area contributed by atoms with Crippen LogP contribution in [0.1, 0.15) is 37.3 Å². The van der Waals surface area contributed by atoms with Crippen molar-refractivity contribution in [1.82, 2.24) is 25.3 Å². The summed E-state index contributed by atoms with van der Waals surface area (Å²) in [5.74, 6) is 0.0329. The van der Waals surface area contributed by atoms with Crippen LogP contribution in [0.4, 0.5) is 5.69 Å². The zero-order valence-electron chi connectivity index (χ0n) is 19.2. The lowest BCUT2D eigenvalue weighted by atomic mass is 9.74. The maximum atomic E-state index is 12.4. The summed E-state index contributed by atoms with van der Waals surface area (Å²) in [5, 5.41) is 11.6. The summed E-state index contributed by atoms with van der Waals surface area (Å²) in [4.78, 5) is 29.0. The van der Waals surface area contributed by atoms with E-state index in [1.54, 1.807) is 0 Å². The number of aryl methyl sites for hydroxylation is 1. The summed E-state index contributed by atoms with van der Waals surface area (Å²) < 4.78 is 1.87. The fourth-order valence-electron chi connectivity index (χ4n) is 6.15. The molecule has 1 aromatic carbocycles. The number of imide groups is 1. The minimum absolute atomic E-state index is 0. The number of benzene rings is 1. The largest absolute Gasteiger partial charge is 0.371 e. The molecule has 0 bridgehead atoms. The molecule has 2 aromatic rings. The quantitative estimate of drug-likeness (QED) is 0.658. The first-order valence-electron chi connectivity index (χ1n) is 12.0. The number of hydrogen-bond donors (Lipinski definition) is 2. The Morgan fingerprint density at radius 2 is 1.88 bits per heavy atom. The van der Waals surface area contributed by atoms with Crippen LogP contribution >= 0.6 is 12.4 Å². The SMILES string of the molecule is Cl.Cn1nc(C2CCC(=O)NC2=O)c2ccc(N3CCC(CN4CC5(CNC5)C4)CC3)cc21. The lowest BCUT2D eigenvalue weighted by molar-refractivity contribution is -0.134. The summed E-state index contributed by atoms with van der Waals surface area (Å²) in [6.07, 6.45) is 3.39. The average Bonchev–Trinajstić information content (AvgIpc) is 3.05. The zero-order valence-corrected chi connectivity index (χ0v) is 20.0.